The molecule has 7 aliphatic rings. The van der Waals surface area contributed by atoms with E-state index in [2.05, 4.69) is 5.92 Å². The summed E-state index contributed by atoms with van der Waals surface area (Å²) < 4.78 is 65.8. The van der Waals surface area contributed by atoms with Gasteiger partial charge in [0.15, 0.2) is 23.8 Å². The maximum Gasteiger partial charge on any atom is 1.00 e. The molecule has 7 heterocycles. The minimum absolute atomic E-state index is 0. The number of aliphatic hydroxyl groups excluding tert-OH is 2. The van der Waals surface area contributed by atoms with Crippen molar-refractivity contribution in [1.29, 1.82) is 0 Å². The van der Waals surface area contributed by atoms with E-state index in [0.717, 1.165) is 0 Å². The topological polar surface area (TPSA) is 184 Å². The van der Waals surface area contributed by atoms with Crippen molar-refractivity contribution in [2.45, 2.75) is 218 Å². The monoisotopic (exact) mass is 882 g/mol. The number of ether oxygens (including phenoxy) is 6. The van der Waals surface area contributed by atoms with Crippen LogP contribution < -0.4 is 29.6 Å². The van der Waals surface area contributed by atoms with Crippen LogP contribution in [0.4, 0.5) is 0 Å². The molecular formula is C45H68BNaO15. The van der Waals surface area contributed by atoms with Crippen molar-refractivity contribution in [3.63, 3.8) is 0 Å². The predicted molar refractivity (Wildman–Crippen MR) is 218 cm³/mol. The Morgan fingerprint density at radius 1 is 0.855 bits per heavy atom. The van der Waals surface area contributed by atoms with Crippen LogP contribution in [0.25, 0.3) is 0 Å². The van der Waals surface area contributed by atoms with Crippen molar-refractivity contribution in [3.05, 3.63) is 12.2 Å². The Bertz CT molecular complexity index is 1700. The molecule has 15 nitrogen and oxygen atoms in total. The summed E-state index contributed by atoms with van der Waals surface area (Å²) >= 11 is 0. The van der Waals surface area contributed by atoms with Gasteiger partial charge in [0.25, 0.3) is 0 Å². The first-order valence-corrected chi connectivity index (χ1v) is 22.7. The second-order valence-corrected chi connectivity index (χ2v) is 19.9. The summed E-state index contributed by atoms with van der Waals surface area (Å²) in [6, 6.07) is 0. The Morgan fingerprint density at radius 3 is 2.00 bits per heavy atom. The standard InChI is InChI=1S/C45H68BO15.Na/c1-10-11-20-37(49)53-28(4)31-17-13-12-14-18-33(47)42(6,7)35-23-21-27(3)45(56-35)39-41(51)55-32-25-30(52-29(32)5)16-15-19-34(48)43(8,9)36-24-22-26(2)44(57-36)38(40(50)54-31)58-46(59-39,60-44)61-45;/h1,12-13,26-36,38-39,47-48H,11,14-25H2,2-9H3;/q-1;+1/b13-12-;/t26-,27-,28-,29-,30-,31+,32+,33+,34-,35+,36+,38+,39+,44+,45+,46?;/m1./s1. The molecule has 7 rings (SSSR count). The van der Waals surface area contributed by atoms with Crippen molar-refractivity contribution in [3.8, 4) is 12.3 Å². The first-order valence-electron chi connectivity index (χ1n) is 22.7. The van der Waals surface area contributed by atoms with Gasteiger partial charge in [0.1, 0.15) is 18.3 Å². The minimum atomic E-state index is -3.52. The number of hydrogen-bond donors (Lipinski definition) is 2. The maximum atomic E-state index is 14.9. The van der Waals surface area contributed by atoms with E-state index in [1.807, 2.05) is 60.6 Å². The second kappa shape index (κ2) is 19.3. The van der Waals surface area contributed by atoms with Crippen LogP contribution in [0.3, 0.4) is 0 Å². The van der Waals surface area contributed by atoms with Crippen LogP contribution in [0.1, 0.15) is 139 Å². The van der Waals surface area contributed by atoms with Gasteiger partial charge in [-0.2, -0.15) is 0 Å². The Kier molecular flexibility index (Phi) is 15.5. The van der Waals surface area contributed by atoms with Gasteiger partial charge in [-0.15, -0.1) is 12.3 Å². The van der Waals surface area contributed by atoms with Gasteiger partial charge in [-0.25, -0.2) is 9.59 Å². The SMILES string of the molecule is C#CCCC(=O)O[C@H](C)[C@@H]1C/C=C\CC[C@H](O)C(C)(C)[C@@H]2CC[C@@H](C)[C@]3(O2)O[B-]24O[C@@H](C(=O)O1)[C@@]1(O[C@@H](CC[C@H]1C)C(C)(C)[C@H](O)CCC[C@@H]1C[C@H](OC(=O)[C@@H]3O2)[C@@H](C)O1)O4.[Na+]. The zero-order chi connectivity index (χ0) is 44.1. The van der Waals surface area contributed by atoms with Gasteiger partial charge in [0.2, 0.25) is 0 Å². The molecule has 62 heavy (non-hydrogen) atoms. The Labute approximate surface area is 388 Å². The van der Waals surface area contributed by atoms with E-state index in [9.17, 15) is 24.6 Å². The number of carbonyl (C=O) groups excluding carboxylic acids is 3. The molecule has 0 amide bonds. The number of carbonyl (C=O) groups is 3. The number of esters is 3. The number of aliphatic hydroxyl groups is 2. The normalized spacial score (nSPS) is 45.3. The summed E-state index contributed by atoms with van der Waals surface area (Å²) in [5.41, 5.74) is -1.67. The summed E-state index contributed by atoms with van der Waals surface area (Å²) in [6.07, 6.45) is 5.32. The molecule has 0 aromatic rings. The van der Waals surface area contributed by atoms with Gasteiger partial charge < -0.3 is 57.3 Å². The summed E-state index contributed by atoms with van der Waals surface area (Å²) in [7, 11) is 0. The van der Waals surface area contributed by atoms with Gasteiger partial charge in [-0.1, -0.05) is 53.7 Å². The van der Waals surface area contributed by atoms with Crippen molar-refractivity contribution in [1.82, 2.24) is 0 Å². The molecule has 3 spiro atoms. The van der Waals surface area contributed by atoms with Crippen LogP contribution in [0.2, 0.25) is 0 Å². The molecule has 6 saturated heterocycles. The van der Waals surface area contributed by atoms with Gasteiger partial charge >= 0.3 is 54.4 Å². The fourth-order valence-corrected chi connectivity index (χ4v) is 10.5. The fourth-order valence-electron chi connectivity index (χ4n) is 10.5. The van der Waals surface area contributed by atoms with E-state index in [1.165, 1.54) is 0 Å². The van der Waals surface area contributed by atoms with Crippen LogP contribution in [0.5, 0.6) is 0 Å². The summed E-state index contributed by atoms with van der Waals surface area (Å²) in [5, 5.41) is 23.5. The number of allylic oxidation sites excluding steroid dienone is 1. The van der Waals surface area contributed by atoms with Gasteiger partial charge in [0, 0.05) is 41.9 Å². The van der Waals surface area contributed by atoms with E-state index >= 15 is 0 Å². The van der Waals surface area contributed by atoms with Crippen LogP contribution >= 0.6 is 0 Å². The Morgan fingerprint density at radius 2 is 1.42 bits per heavy atom. The molecule has 0 aromatic carbocycles. The average molecular weight is 883 g/mol. The third-order valence-electron chi connectivity index (χ3n) is 15.0. The number of terminal acetylenes is 1. The van der Waals surface area contributed by atoms with Crippen LogP contribution in [-0.4, -0.2) is 114 Å². The predicted octanol–water partition coefficient (Wildman–Crippen LogP) is 2.32. The molecule has 0 radical (unpaired) electrons. The van der Waals surface area contributed by atoms with Gasteiger partial charge in [0.05, 0.1) is 43.0 Å². The first-order chi connectivity index (χ1) is 28.8. The summed E-state index contributed by atoms with van der Waals surface area (Å²) in [4.78, 5) is 42.5. The van der Waals surface area contributed by atoms with Crippen molar-refractivity contribution in [2.75, 3.05) is 0 Å². The zero-order valence-electron chi connectivity index (χ0n) is 38.2. The Hall–Kier alpha value is -1.59. The third kappa shape index (κ3) is 9.49. The van der Waals surface area contributed by atoms with Crippen molar-refractivity contribution in [2.24, 2.45) is 22.7 Å². The number of fused-ring (bicyclic) bond motifs is 6. The van der Waals surface area contributed by atoms with E-state index in [1.54, 1.807) is 6.92 Å². The molecule has 2 N–H and O–H groups in total. The van der Waals surface area contributed by atoms with Crippen LogP contribution in [0.15, 0.2) is 12.2 Å². The van der Waals surface area contributed by atoms with Crippen LogP contribution in [0, 0.1) is 35.0 Å². The largest absolute Gasteiger partial charge is 1.00 e. The molecule has 0 aliphatic carbocycles. The average Bonchev–Trinajstić information content (AvgIpc) is 3.83. The molecule has 9 bridgehead atoms. The van der Waals surface area contributed by atoms with Crippen molar-refractivity contribution < 1.29 is 101 Å². The molecule has 342 valence electrons. The van der Waals surface area contributed by atoms with E-state index in [-0.39, 0.29) is 54.9 Å². The van der Waals surface area contributed by atoms with Gasteiger partial charge in [-0.05, 0) is 71.6 Å². The van der Waals surface area contributed by atoms with E-state index in [0.29, 0.717) is 64.2 Å². The molecular weight excluding hydrogens is 814 g/mol. The Balaban J connectivity index is 0.00000641. The molecule has 0 aromatic heterocycles. The van der Waals surface area contributed by atoms with Crippen LogP contribution in [-0.2, 0) is 61.4 Å². The second-order valence-electron chi connectivity index (χ2n) is 19.9. The van der Waals surface area contributed by atoms with Gasteiger partial charge in [-0.3, -0.25) is 4.79 Å². The smallest absolute Gasteiger partial charge is 0.504 e. The first kappa shape index (κ1) is 49.8. The molecule has 0 saturated carbocycles. The summed E-state index contributed by atoms with van der Waals surface area (Å²) in [6.45, 7) is 11.5. The molecule has 1 unspecified atom stereocenters. The minimum Gasteiger partial charge on any atom is -0.504 e. The zero-order valence-corrected chi connectivity index (χ0v) is 40.2. The third-order valence-corrected chi connectivity index (χ3v) is 15.0. The fraction of sp³-hybridized carbons (Fsp3) is 0.844. The van der Waals surface area contributed by atoms with E-state index < -0.39 is 120 Å². The molecule has 17 heteroatoms. The number of hydrogen-bond acceptors (Lipinski definition) is 15. The quantitative estimate of drug-likeness (QED) is 0.138. The number of rotatable bonds is 4. The molecule has 7 aliphatic heterocycles. The summed E-state index contributed by atoms with van der Waals surface area (Å²) in [5.74, 6) is -4.55. The number of cyclic esters (lactones) is 1. The van der Waals surface area contributed by atoms with Crippen molar-refractivity contribution >= 4 is 24.9 Å². The maximum absolute atomic E-state index is 14.9. The molecule has 6 fully saturated rings. The van der Waals surface area contributed by atoms with E-state index in [4.69, 9.17) is 53.5 Å². The molecule has 16 atom stereocenters.